The molecule has 0 aliphatic carbocycles. The molecule has 0 radical (unpaired) electrons. The zero-order chi connectivity index (χ0) is 14.1. The van der Waals surface area contributed by atoms with Gasteiger partial charge in [-0.2, -0.15) is 0 Å². The highest BCUT2D eigenvalue weighted by atomic mass is 16.3. The second-order valence-corrected chi connectivity index (χ2v) is 4.53. The minimum atomic E-state index is -0.254. The van der Waals surface area contributed by atoms with Crippen LogP contribution < -0.4 is 11.1 Å². The van der Waals surface area contributed by atoms with Crippen LogP contribution in [-0.4, -0.2) is 10.9 Å². The van der Waals surface area contributed by atoms with E-state index in [1.165, 1.54) is 12.5 Å². The molecule has 0 saturated carbocycles. The molecule has 2 heterocycles. The number of pyridine rings is 1. The summed E-state index contributed by atoms with van der Waals surface area (Å²) in [5.74, 6) is 0.241. The molecular weight excluding hydrogens is 254 g/mol. The van der Waals surface area contributed by atoms with Gasteiger partial charge in [0, 0.05) is 5.39 Å². The van der Waals surface area contributed by atoms with Gasteiger partial charge < -0.3 is 15.5 Å². The molecule has 3 N–H and O–H groups in total. The molecule has 0 aliphatic heterocycles. The first-order valence-electron chi connectivity index (χ1n) is 6.15. The van der Waals surface area contributed by atoms with Crippen molar-refractivity contribution in [3.8, 4) is 0 Å². The molecular formula is C15H13N3O2. The van der Waals surface area contributed by atoms with Crippen molar-refractivity contribution in [2.45, 2.75) is 6.92 Å². The zero-order valence-corrected chi connectivity index (χ0v) is 10.9. The van der Waals surface area contributed by atoms with E-state index in [4.69, 9.17) is 10.2 Å². The monoisotopic (exact) mass is 267 g/mol. The Labute approximate surface area is 115 Å². The third-order valence-electron chi connectivity index (χ3n) is 3.06. The Morgan fingerprint density at radius 2 is 2.15 bits per heavy atom. The summed E-state index contributed by atoms with van der Waals surface area (Å²) in [4.78, 5) is 16.4. The summed E-state index contributed by atoms with van der Waals surface area (Å²) in [6.07, 6.45) is 2.96. The second-order valence-electron chi connectivity index (χ2n) is 4.53. The first kappa shape index (κ1) is 12.2. The van der Waals surface area contributed by atoms with E-state index in [0.717, 1.165) is 10.9 Å². The van der Waals surface area contributed by atoms with Crippen molar-refractivity contribution < 1.29 is 9.21 Å². The maximum Gasteiger partial charge on any atom is 0.260 e. The Hall–Kier alpha value is -2.82. The topological polar surface area (TPSA) is 81.1 Å². The smallest absolute Gasteiger partial charge is 0.260 e. The molecule has 3 aromatic rings. The van der Waals surface area contributed by atoms with Crippen LogP contribution in [0.25, 0.3) is 11.0 Å². The van der Waals surface area contributed by atoms with Crippen LogP contribution in [0.5, 0.6) is 0 Å². The lowest BCUT2D eigenvalue weighted by atomic mass is 10.1. The van der Waals surface area contributed by atoms with Gasteiger partial charge in [0.05, 0.1) is 17.4 Å². The summed E-state index contributed by atoms with van der Waals surface area (Å²) in [5.41, 5.74) is 8.18. The molecule has 0 unspecified atom stereocenters. The zero-order valence-electron chi connectivity index (χ0n) is 10.9. The van der Waals surface area contributed by atoms with Crippen molar-refractivity contribution in [3.63, 3.8) is 0 Å². The van der Waals surface area contributed by atoms with Crippen LogP contribution in [-0.2, 0) is 0 Å². The van der Waals surface area contributed by atoms with Crippen molar-refractivity contribution in [2.75, 3.05) is 11.1 Å². The lowest BCUT2D eigenvalue weighted by molar-refractivity contribution is 0.102. The SMILES string of the molecule is Cc1cc(N)cnc1NC(=O)c1coc2ccccc12. The number of rotatable bonds is 2. The molecule has 100 valence electrons. The van der Waals surface area contributed by atoms with E-state index in [-0.39, 0.29) is 5.91 Å². The quantitative estimate of drug-likeness (QED) is 0.748. The van der Waals surface area contributed by atoms with Gasteiger partial charge in [0.15, 0.2) is 0 Å². The minimum Gasteiger partial charge on any atom is -0.463 e. The number of aryl methyl sites for hydroxylation is 1. The summed E-state index contributed by atoms with van der Waals surface area (Å²) >= 11 is 0. The van der Waals surface area contributed by atoms with E-state index in [1.54, 1.807) is 6.07 Å². The van der Waals surface area contributed by atoms with Gasteiger partial charge in [-0.25, -0.2) is 4.98 Å². The normalized spacial score (nSPS) is 10.7. The second kappa shape index (κ2) is 4.70. The van der Waals surface area contributed by atoms with Crippen LogP contribution in [0.4, 0.5) is 11.5 Å². The highest BCUT2D eigenvalue weighted by Crippen LogP contribution is 2.22. The van der Waals surface area contributed by atoms with Gasteiger partial charge in [0.1, 0.15) is 17.7 Å². The van der Waals surface area contributed by atoms with Gasteiger partial charge in [0.25, 0.3) is 5.91 Å². The lowest BCUT2D eigenvalue weighted by Crippen LogP contribution is -2.13. The maximum absolute atomic E-state index is 12.3. The highest BCUT2D eigenvalue weighted by Gasteiger charge is 2.14. The first-order valence-corrected chi connectivity index (χ1v) is 6.15. The number of hydrogen-bond donors (Lipinski definition) is 2. The summed E-state index contributed by atoms with van der Waals surface area (Å²) < 4.78 is 5.36. The van der Waals surface area contributed by atoms with Crippen molar-refractivity contribution in [1.29, 1.82) is 0 Å². The van der Waals surface area contributed by atoms with Gasteiger partial charge in [-0.3, -0.25) is 4.79 Å². The summed E-state index contributed by atoms with van der Waals surface area (Å²) in [5, 5.41) is 3.54. The molecule has 2 aromatic heterocycles. The Bertz CT molecular complexity index is 793. The highest BCUT2D eigenvalue weighted by molar-refractivity contribution is 6.12. The molecule has 20 heavy (non-hydrogen) atoms. The predicted octanol–water partition coefficient (Wildman–Crippen LogP) is 2.97. The third kappa shape index (κ3) is 2.09. The van der Waals surface area contributed by atoms with E-state index < -0.39 is 0 Å². The number of para-hydroxylation sites is 1. The van der Waals surface area contributed by atoms with Crippen LogP contribution >= 0.6 is 0 Å². The van der Waals surface area contributed by atoms with Gasteiger partial charge in [-0.15, -0.1) is 0 Å². The number of carbonyl (C=O) groups excluding carboxylic acids is 1. The number of benzene rings is 1. The summed E-state index contributed by atoms with van der Waals surface area (Å²) in [7, 11) is 0. The first-order chi connectivity index (χ1) is 9.65. The summed E-state index contributed by atoms with van der Waals surface area (Å²) in [6.45, 7) is 1.84. The molecule has 1 amide bonds. The molecule has 0 atom stereocenters. The number of furan rings is 1. The largest absolute Gasteiger partial charge is 0.463 e. The van der Waals surface area contributed by atoms with Crippen LogP contribution in [0.15, 0.2) is 47.2 Å². The number of nitrogens with one attached hydrogen (secondary N) is 1. The average Bonchev–Trinajstić information content (AvgIpc) is 2.86. The van der Waals surface area contributed by atoms with Gasteiger partial charge >= 0.3 is 0 Å². The maximum atomic E-state index is 12.3. The standard InChI is InChI=1S/C15H13N3O2/c1-9-6-10(16)7-17-14(9)18-15(19)12-8-20-13-5-3-2-4-11(12)13/h2-8H,16H2,1H3,(H,17,18,19). The molecule has 0 saturated heterocycles. The predicted molar refractivity (Wildman–Crippen MR) is 77.6 cm³/mol. The van der Waals surface area contributed by atoms with E-state index in [1.807, 2.05) is 31.2 Å². The van der Waals surface area contributed by atoms with Crippen molar-refractivity contribution in [3.05, 3.63) is 53.9 Å². The number of nitrogen functional groups attached to an aromatic ring is 1. The van der Waals surface area contributed by atoms with E-state index in [9.17, 15) is 4.79 Å². The fourth-order valence-electron chi connectivity index (χ4n) is 2.06. The fraction of sp³-hybridized carbons (Fsp3) is 0.0667. The molecule has 5 heteroatoms. The number of amides is 1. The van der Waals surface area contributed by atoms with Crippen LogP contribution in [0, 0.1) is 6.92 Å². The van der Waals surface area contributed by atoms with Crippen LogP contribution in [0.1, 0.15) is 15.9 Å². The third-order valence-corrected chi connectivity index (χ3v) is 3.06. The molecule has 0 bridgehead atoms. The fourth-order valence-corrected chi connectivity index (χ4v) is 2.06. The minimum absolute atomic E-state index is 0.254. The van der Waals surface area contributed by atoms with Crippen LogP contribution in [0.3, 0.4) is 0 Å². The van der Waals surface area contributed by atoms with E-state index in [2.05, 4.69) is 10.3 Å². The number of nitrogens with zero attached hydrogens (tertiary/aromatic N) is 1. The number of nitrogens with two attached hydrogens (primary N) is 1. The summed E-state index contributed by atoms with van der Waals surface area (Å²) in [6, 6.07) is 9.15. The van der Waals surface area contributed by atoms with Crippen molar-refractivity contribution in [2.24, 2.45) is 0 Å². The number of hydrogen-bond acceptors (Lipinski definition) is 4. The molecule has 1 aromatic carbocycles. The van der Waals surface area contributed by atoms with Crippen LogP contribution in [0.2, 0.25) is 0 Å². The molecule has 3 rings (SSSR count). The number of anilines is 2. The average molecular weight is 267 g/mol. The van der Waals surface area contributed by atoms with E-state index in [0.29, 0.717) is 22.7 Å². The van der Waals surface area contributed by atoms with Gasteiger partial charge in [0.2, 0.25) is 0 Å². The van der Waals surface area contributed by atoms with Crippen molar-refractivity contribution in [1.82, 2.24) is 4.98 Å². The number of fused-ring (bicyclic) bond motifs is 1. The lowest BCUT2D eigenvalue weighted by Gasteiger charge is -2.06. The Morgan fingerprint density at radius 1 is 1.35 bits per heavy atom. The Morgan fingerprint density at radius 3 is 2.95 bits per heavy atom. The molecule has 0 spiro atoms. The van der Waals surface area contributed by atoms with Crippen molar-refractivity contribution >= 4 is 28.4 Å². The van der Waals surface area contributed by atoms with Gasteiger partial charge in [-0.05, 0) is 24.6 Å². The number of carbonyl (C=O) groups is 1. The molecule has 0 aliphatic rings. The number of aromatic nitrogens is 1. The van der Waals surface area contributed by atoms with E-state index >= 15 is 0 Å². The Kier molecular flexibility index (Phi) is 2.87. The Balaban J connectivity index is 1.93. The van der Waals surface area contributed by atoms with Gasteiger partial charge in [-0.1, -0.05) is 18.2 Å². The molecule has 5 nitrogen and oxygen atoms in total. The molecule has 0 fully saturated rings.